The number of aromatic nitrogens is 1. The van der Waals surface area contributed by atoms with Crippen molar-refractivity contribution < 1.29 is 22.7 Å². The summed E-state index contributed by atoms with van der Waals surface area (Å²) in [4.78, 5) is 12.6. The molecular formula is C7H5BrF3NO2S. The lowest BCUT2D eigenvalue weighted by atomic mass is 10.4. The van der Waals surface area contributed by atoms with Gasteiger partial charge < -0.3 is 4.74 Å². The van der Waals surface area contributed by atoms with Gasteiger partial charge in [0.1, 0.15) is 5.01 Å². The van der Waals surface area contributed by atoms with Gasteiger partial charge in [-0.25, -0.2) is 9.78 Å². The van der Waals surface area contributed by atoms with Crippen molar-refractivity contribution in [1.82, 2.24) is 4.98 Å². The first-order valence-electron chi connectivity index (χ1n) is 3.60. The van der Waals surface area contributed by atoms with Gasteiger partial charge in [-0.2, -0.15) is 13.2 Å². The summed E-state index contributed by atoms with van der Waals surface area (Å²) in [5.41, 5.74) is -0.119. The number of carbonyl (C=O) groups is 1. The van der Waals surface area contributed by atoms with Crippen molar-refractivity contribution in [1.29, 1.82) is 0 Å². The SMILES string of the molecule is COC(=O)c1csc(C(Br)C(F)(F)F)n1. The molecule has 15 heavy (non-hydrogen) atoms. The van der Waals surface area contributed by atoms with Crippen LogP contribution in [0.1, 0.15) is 20.3 Å². The standard InChI is InChI=1S/C7H5BrF3NO2S/c1-14-6(13)3-2-15-5(12-3)4(8)7(9,10)11/h2,4H,1H3. The molecule has 0 radical (unpaired) electrons. The molecule has 1 aromatic heterocycles. The second-order valence-corrected chi connectivity index (χ2v) is 4.27. The van der Waals surface area contributed by atoms with E-state index in [9.17, 15) is 18.0 Å². The van der Waals surface area contributed by atoms with Crippen molar-refractivity contribution in [2.24, 2.45) is 0 Å². The van der Waals surface area contributed by atoms with Crippen molar-refractivity contribution in [3.05, 3.63) is 16.1 Å². The lowest BCUT2D eigenvalue weighted by Gasteiger charge is -2.10. The van der Waals surface area contributed by atoms with E-state index < -0.39 is 17.0 Å². The van der Waals surface area contributed by atoms with E-state index in [1.807, 2.05) is 0 Å². The largest absolute Gasteiger partial charge is 0.464 e. The van der Waals surface area contributed by atoms with Crippen molar-refractivity contribution >= 4 is 33.2 Å². The van der Waals surface area contributed by atoms with Gasteiger partial charge in [0, 0.05) is 5.38 Å². The quantitative estimate of drug-likeness (QED) is 0.623. The molecule has 3 nitrogen and oxygen atoms in total. The molecule has 0 bridgehead atoms. The van der Waals surface area contributed by atoms with Gasteiger partial charge in [0.25, 0.3) is 0 Å². The summed E-state index contributed by atoms with van der Waals surface area (Å²) in [5, 5.41) is 1.00. The van der Waals surface area contributed by atoms with Crippen LogP contribution in [-0.4, -0.2) is 24.2 Å². The molecule has 0 aromatic carbocycles. The van der Waals surface area contributed by atoms with Crippen LogP contribution in [0.4, 0.5) is 13.2 Å². The predicted octanol–water partition coefficient (Wildman–Crippen LogP) is 2.93. The minimum atomic E-state index is -4.43. The highest BCUT2D eigenvalue weighted by Gasteiger charge is 2.41. The summed E-state index contributed by atoms with van der Waals surface area (Å²) in [6.45, 7) is 0. The third-order valence-corrected chi connectivity index (χ3v) is 3.59. The van der Waals surface area contributed by atoms with E-state index in [0.29, 0.717) is 0 Å². The minimum Gasteiger partial charge on any atom is -0.464 e. The van der Waals surface area contributed by atoms with Gasteiger partial charge in [-0.15, -0.1) is 11.3 Å². The van der Waals surface area contributed by atoms with Crippen LogP contribution in [0.2, 0.25) is 0 Å². The summed E-state index contributed by atoms with van der Waals surface area (Å²) in [6.07, 6.45) is -4.43. The first-order chi connectivity index (χ1) is 6.86. The number of thiazole rings is 1. The van der Waals surface area contributed by atoms with Crippen LogP contribution in [0.5, 0.6) is 0 Å². The zero-order valence-electron chi connectivity index (χ0n) is 7.34. The Morgan fingerprint density at radius 3 is 2.73 bits per heavy atom. The van der Waals surface area contributed by atoms with E-state index in [2.05, 4.69) is 25.7 Å². The molecule has 1 atom stereocenters. The maximum atomic E-state index is 12.2. The first-order valence-corrected chi connectivity index (χ1v) is 5.40. The molecule has 0 saturated carbocycles. The fourth-order valence-corrected chi connectivity index (χ4v) is 1.95. The van der Waals surface area contributed by atoms with Crippen LogP contribution in [0.15, 0.2) is 5.38 Å². The number of methoxy groups -OCH3 is 1. The van der Waals surface area contributed by atoms with Gasteiger partial charge in [0.2, 0.25) is 0 Å². The average Bonchev–Trinajstić information content (AvgIpc) is 2.62. The molecule has 1 aromatic rings. The number of hydrogen-bond acceptors (Lipinski definition) is 4. The number of esters is 1. The molecule has 1 rings (SSSR count). The summed E-state index contributed by atoms with van der Waals surface area (Å²) in [7, 11) is 1.14. The van der Waals surface area contributed by atoms with Crippen molar-refractivity contribution in [2.45, 2.75) is 11.0 Å². The number of alkyl halides is 4. The minimum absolute atomic E-state index is 0.119. The summed E-state index contributed by atoms with van der Waals surface area (Å²) < 4.78 is 41.0. The Balaban J connectivity index is 2.89. The fourth-order valence-electron chi connectivity index (χ4n) is 0.742. The van der Waals surface area contributed by atoms with Crippen molar-refractivity contribution in [3.8, 4) is 0 Å². The van der Waals surface area contributed by atoms with Crippen LogP contribution in [0.3, 0.4) is 0 Å². The molecule has 1 heterocycles. The highest BCUT2D eigenvalue weighted by molar-refractivity contribution is 9.09. The summed E-state index contributed by atoms with van der Waals surface area (Å²) in [6, 6.07) is 0. The van der Waals surface area contributed by atoms with Crippen molar-refractivity contribution in [2.75, 3.05) is 7.11 Å². The first kappa shape index (κ1) is 12.4. The van der Waals surface area contributed by atoms with Crippen LogP contribution in [-0.2, 0) is 4.74 Å². The van der Waals surface area contributed by atoms with E-state index in [4.69, 9.17) is 0 Å². The number of nitrogens with zero attached hydrogens (tertiary/aromatic N) is 1. The van der Waals surface area contributed by atoms with Crippen LogP contribution in [0.25, 0.3) is 0 Å². The number of halogens is 4. The molecule has 0 spiro atoms. The second-order valence-electron chi connectivity index (χ2n) is 2.47. The smallest absolute Gasteiger partial charge is 0.407 e. The van der Waals surface area contributed by atoms with Crippen molar-refractivity contribution in [3.63, 3.8) is 0 Å². The second kappa shape index (κ2) is 4.48. The normalized spacial score (nSPS) is 13.7. The van der Waals surface area contributed by atoms with Crippen LogP contribution < -0.4 is 0 Å². The highest BCUT2D eigenvalue weighted by atomic mass is 79.9. The zero-order chi connectivity index (χ0) is 11.6. The van der Waals surface area contributed by atoms with Gasteiger partial charge in [-0.05, 0) is 0 Å². The number of hydrogen-bond donors (Lipinski definition) is 0. The van der Waals surface area contributed by atoms with E-state index in [1.165, 1.54) is 5.38 Å². The number of rotatable bonds is 2. The van der Waals surface area contributed by atoms with Gasteiger partial charge in [-0.3, -0.25) is 0 Å². The number of carbonyl (C=O) groups excluding carboxylic acids is 1. The monoisotopic (exact) mass is 303 g/mol. The summed E-state index contributed by atoms with van der Waals surface area (Å²) >= 11 is 3.21. The third-order valence-electron chi connectivity index (χ3n) is 1.42. The van der Waals surface area contributed by atoms with E-state index in [1.54, 1.807) is 0 Å². The Kier molecular flexibility index (Phi) is 3.72. The lowest BCUT2D eigenvalue weighted by Crippen LogP contribution is -2.15. The fraction of sp³-hybridized carbons (Fsp3) is 0.429. The van der Waals surface area contributed by atoms with Crippen LogP contribution >= 0.6 is 27.3 Å². The molecule has 0 aliphatic heterocycles. The molecule has 0 N–H and O–H groups in total. The van der Waals surface area contributed by atoms with E-state index in [-0.39, 0.29) is 10.7 Å². The maximum absolute atomic E-state index is 12.2. The Bertz CT molecular complexity index is 365. The van der Waals surface area contributed by atoms with Gasteiger partial charge >= 0.3 is 12.1 Å². The Hall–Kier alpha value is -0.630. The molecule has 8 heteroatoms. The van der Waals surface area contributed by atoms with Crippen LogP contribution in [0, 0.1) is 0 Å². The predicted molar refractivity (Wildman–Crippen MR) is 51.2 cm³/mol. The molecule has 0 amide bonds. The molecule has 0 aliphatic rings. The van der Waals surface area contributed by atoms with Gasteiger partial charge in [-0.1, -0.05) is 15.9 Å². The topological polar surface area (TPSA) is 39.2 Å². The Morgan fingerprint density at radius 1 is 1.67 bits per heavy atom. The third kappa shape index (κ3) is 2.91. The Labute approximate surface area is 95.4 Å². The summed E-state index contributed by atoms with van der Waals surface area (Å²) in [5.74, 6) is -0.751. The molecule has 0 fully saturated rings. The van der Waals surface area contributed by atoms with E-state index in [0.717, 1.165) is 18.4 Å². The Morgan fingerprint density at radius 2 is 2.27 bits per heavy atom. The van der Waals surface area contributed by atoms with Gasteiger partial charge in [0.05, 0.1) is 7.11 Å². The number of ether oxygens (including phenoxy) is 1. The molecule has 84 valence electrons. The molecule has 1 unspecified atom stereocenters. The maximum Gasteiger partial charge on any atom is 0.407 e. The lowest BCUT2D eigenvalue weighted by molar-refractivity contribution is -0.128. The molecule has 0 saturated heterocycles. The molecular weight excluding hydrogens is 299 g/mol. The van der Waals surface area contributed by atoms with Gasteiger partial charge in [0.15, 0.2) is 10.5 Å². The van der Waals surface area contributed by atoms with E-state index >= 15 is 0 Å². The molecule has 0 aliphatic carbocycles. The zero-order valence-corrected chi connectivity index (χ0v) is 9.74. The average molecular weight is 304 g/mol. The highest BCUT2D eigenvalue weighted by Crippen LogP contribution is 2.40.